The lowest BCUT2D eigenvalue weighted by Gasteiger charge is -2.28. The Hall–Kier alpha value is -1.33. The van der Waals surface area contributed by atoms with Gasteiger partial charge in [0.1, 0.15) is 5.65 Å². The highest BCUT2D eigenvalue weighted by atomic mass is 32.2. The topological polar surface area (TPSA) is 37.6 Å². The molecule has 5 heteroatoms. The van der Waals surface area contributed by atoms with Gasteiger partial charge in [0.2, 0.25) is 0 Å². The van der Waals surface area contributed by atoms with Crippen LogP contribution in [0.25, 0.3) is 5.65 Å². The minimum absolute atomic E-state index is 0.00293. The zero-order valence-electron chi connectivity index (χ0n) is 12.5. The molecule has 0 unspecified atom stereocenters. The molecular formula is C16H21N3OS. The van der Waals surface area contributed by atoms with E-state index >= 15 is 0 Å². The molecule has 2 atom stereocenters. The minimum Gasteiger partial charge on any atom is -0.296 e. The Morgan fingerprint density at radius 2 is 2.29 bits per heavy atom. The van der Waals surface area contributed by atoms with Gasteiger partial charge in [-0.3, -0.25) is 14.1 Å². The second-order valence-electron chi connectivity index (χ2n) is 5.70. The number of fused-ring (bicyclic) bond motifs is 1. The molecule has 3 rings (SSSR count). The van der Waals surface area contributed by atoms with Crippen LogP contribution in [-0.4, -0.2) is 38.9 Å². The maximum absolute atomic E-state index is 12.1. The van der Waals surface area contributed by atoms with Crippen molar-refractivity contribution in [1.82, 2.24) is 14.3 Å². The minimum atomic E-state index is -0.00293. The third-order valence-corrected chi connectivity index (χ3v) is 5.48. The number of hydrogen-bond donors (Lipinski definition) is 0. The number of thioether (sulfide) groups is 1. The van der Waals surface area contributed by atoms with Crippen molar-refractivity contribution in [3.05, 3.63) is 46.5 Å². The van der Waals surface area contributed by atoms with Crippen molar-refractivity contribution in [2.24, 2.45) is 0 Å². The Morgan fingerprint density at radius 3 is 3.10 bits per heavy atom. The second-order valence-corrected chi connectivity index (χ2v) is 6.78. The quantitative estimate of drug-likeness (QED) is 0.869. The van der Waals surface area contributed by atoms with Crippen molar-refractivity contribution in [2.45, 2.75) is 37.1 Å². The Kier molecular flexibility index (Phi) is 4.31. The van der Waals surface area contributed by atoms with E-state index in [1.54, 1.807) is 16.7 Å². The Bertz CT molecular complexity index is 685. The van der Waals surface area contributed by atoms with Gasteiger partial charge in [-0.05, 0) is 38.3 Å². The summed E-state index contributed by atoms with van der Waals surface area (Å²) in [4.78, 5) is 19.1. The molecule has 1 aliphatic rings. The van der Waals surface area contributed by atoms with Crippen LogP contribution in [0.15, 0.2) is 35.3 Å². The van der Waals surface area contributed by atoms with Crippen LogP contribution in [0.3, 0.4) is 0 Å². The summed E-state index contributed by atoms with van der Waals surface area (Å²) in [6, 6.07) is 7.90. The van der Waals surface area contributed by atoms with E-state index in [1.165, 1.54) is 19.3 Å². The van der Waals surface area contributed by atoms with Crippen molar-refractivity contribution in [2.75, 3.05) is 13.3 Å². The zero-order chi connectivity index (χ0) is 14.8. The molecule has 112 valence electrons. The van der Waals surface area contributed by atoms with E-state index in [2.05, 4.69) is 23.2 Å². The standard InChI is InChI=1S/C16H21N3OS/c1-18(13-6-5-7-14(13)21-2)11-12-10-16(20)19-9-4-3-8-15(19)17-12/h3-4,8-10,13-14H,5-7,11H2,1-2H3/t13-,14+/m1/s1. The molecule has 0 saturated heterocycles. The van der Waals surface area contributed by atoms with Crippen molar-refractivity contribution < 1.29 is 0 Å². The van der Waals surface area contributed by atoms with E-state index in [4.69, 9.17) is 0 Å². The third-order valence-electron chi connectivity index (χ3n) is 4.32. The Labute approximate surface area is 129 Å². The molecule has 2 aromatic rings. The molecule has 4 nitrogen and oxygen atoms in total. The first-order valence-corrected chi connectivity index (χ1v) is 8.68. The predicted molar refractivity (Wildman–Crippen MR) is 87.9 cm³/mol. The number of hydrogen-bond acceptors (Lipinski definition) is 4. The van der Waals surface area contributed by atoms with Gasteiger partial charge in [-0.25, -0.2) is 4.98 Å². The van der Waals surface area contributed by atoms with E-state index < -0.39 is 0 Å². The fourth-order valence-corrected chi connectivity index (χ4v) is 4.30. The average molecular weight is 303 g/mol. The number of pyridine rings is 1. The molecule has 0 radical (unpaired) electrons. The molecule has 1 fully saturated rings. The molecule has 0 bridgehead atoms. The maximum Gasteiger partial charge on any atom is 0.258 e. The van der Waals surface area contributed by atoms with E-state index in [-0.39, 0.29) is 5.56 Å². The van der Waals surface area contributed by atoms with Crippen LogP contribution < -0.4 is 5.56 Å². The fourth-order valence-electron chi connectivity index (χ4n) is 3.24. The lowest BCUT2D eigenvalue weighted by molar-refractivity contribution is 0.239. The molecule has 1 aliphatic carbocycles. The van der Waals surface area contributed by atoms with E-state index in [1.807, 2.05) is 30.0 Å². The number of nitrogens with zero attached hydrogens (tertiary/aromatic N) is 3. The SMILES string of the molecule is CS[C@H]1CCC[C@H]1N(C)Cc1cc(=O)n2ccccc2n1. The van der Waals surface area contributed by atoms with Crippen LogP contribution in [0.4, 0.5) is 0 Å². The first-order valence-electron chi connectivity index (χ1n) is 7.39. The maximum atomic E-state index is 12.1. The molecule has 2 aromatic heterocycles. The predicted octanol–water partition coefficient (Wildman–Crippen LogP) is 2.41. The first kappa shape index (κ1) is 14.6. The summed E-state index contributed by atoms with van der Waals surface area (Å²) in [5, 5.41) is 0.705. The molecular weight excluding hydrogens is 282 g/mol. The van der Waals surface area contributed by atoms with Crippen molar-refractivity contribution >= 4 is 17.4 Å². The van der Waals surface area contributed by atoms with Crippen LogP contribution in [0.1, 0.15) is 25.0 Å². The van der Waals surface area contributed by atoms with Gasteiger partial charge in [0.15, 0.2) is 0 Å². The van der Waals surface area contributed by atoms with Crippen LogP contribution in [-0.2, 0) is 6.54 Å². The van der Waals surface area contributed by atoms with E-state index in [9.17, 15) is 4.79 Å². The lowest BCUT2D eigenvalue weighted by Crippen LogP contribution is -2.36. The van der Waals surface area contributed by atoms with Gasteiger partial charge in [-0.15, -0.1) is 0 Å². The molecule has 2 heterocycles. The molecule has 0 amide bonds. The highest BCUT2D eigenvalue weighted by Crippen LogP contribution is 2.31. The molecule has 0 N–H and O–H groups in total. The van der Waals surface area contributed by atoms with Crippen LogP contribution in [0, 0.1) is 0 Å². The van der Waals surface area contributed by atoms with E-state index in [0.29, 0.717) is 11.3 Å². The van der Waals surface area contributed by atoms with Gasteiger partial charge >= 0.3 is 0 Å². The summed E-state index contributed by atoms with van der Waals surface area (Å²) in [6.45, 7) is 0.738. The Balaban J connectivity index is 1.83. The van der Waals surface area contributed by atoms with Crippen molar-refractivity contribution in [3.63, 3.8) is 0 Å². The van der Waals surface area contributed by atoms with Crippen LogP contribution in [0.5, 0.6) is 0 Å². The van der Waals surface area contributed by atoms with Crippen molar-refractivity contribution in [3.8, 4) is 0 Å². The summed E-state index contributed by atoms with van der Waals surface area (Å²) in [6.07, 6.45) is 7.79. The monoisotopic (exact) mass is 303 g/mol. The second kappa shape index (κ2) is 6.20. The van der Waals surface area contributed by atoms with Gasteiger partial charge in [0.05, 0.1) is 5.69 Å². The van der Waals surface area contributed by atoms with Gasteiger partial charge in [0, 0.05) is 30.1 Å². The normalized spacial score (nSPS) is 22.2. The molecule has 0 spiro atoms. The summed E-state index contributed by atoms with van der Waals surface area (Å²) in [5.74, 6) is 0. The summed E-state index contributed by atoms with van der Waals surface area (Å²) >= 11 is 1.96. The summed E-state index contributed by atoms with van der Waals surface area (Å²) < 4.78 is 1.59. The largest absolute Gasteiger partial charge is 0.296 e. The van der Waals surface area contributed by atoms with E-state index in [0.717, 1.165) is 17.9 Å². The van der Waals surface area contributed by atoms with Gasteiger partial charge in [-0.1, -0.05) is 12.5 Å². The van der Waals surface area contributed by atoms with Crippen LogP contribution in [0.2, 0.25) is 0 Å². The molecule has 0 aromatic carbocycles. The number of aromatic nitrogens is 2. The first-order chi connectivity index (χ1) is 10.2. The highest BCUT2D eigenvalue weighted by Gasteiger charge is 2.29. The average Bonchev–Trinajstić information content (AvgIpc) is 2.96. The smallest absolute Gasteiger partial charge is 0.258 e. The van der Waals surface area contributed by atoms with Crippen LogP contribution >= 0.6 is 11.8 Å². The molecule has 1 saturated carbocycles. The zero-order valence-corrected chi connectivity index (χ0v) is 13.3. The highest BCUT2D eigenvalue weighted by molar-refractivity contribution is 7.99. The van der Waals surface area contributed by atoms with Gasteiger partial charge < -0.3 is 0 Å². The summed E-state index contributed by atoms with van der Waals surface area (Å²) in [5.41, 5.74) is 1.58. The Morgan fingerprint density at radius 1 is 1.43 bits per heavy atom. The number of rotatable bonds is 4. The molecule has 0 aliphatic heterocycles. The fraction of sp³-hybridized carbons (Fsp3) is 0.500. The summed E-state index contributed by atoms with van der Waals surface area (Å²) in [7, 11) is 2.15. The third kappa shape index (κ3) is 2.99. The molecule has 21 heavy (non-hydrogen) atoms. The van der Waals surface area contributed by atoms with Crippen molar-refractivity contribution in [1.29, 1.82) is 0 Å². The lowest BCUT2D eigenvalue weighted by atomic mass is 10.2. The van der Waals surface area contributed by atoms with Gasteiger partial charge in [0.25, 0.3) is 5.56 Å². The van der Waals surface area contributed by atoms with Gasteiger partial charge in [-0.2, -0.15) is 11.8 Å².